The van der Waals surface area contributed by atoms with Gasteiger partial charge in [0.05, 0.1) is 5.69 Å². The third-order valence-corrected chi connectivity index (χ3v) is 7.68. The van der Waals surface area contributed by atoms with Crippen LogP contribution in [0.2, 0.25) is 5.02 Å². The molecule has 0 saturated heterocycles. The van der Waals surface area contributed by atoms with Crippen molar-refractivity contribution in [3.63, 3.8) is 0 Å². The van der Waals surface area contributed by atoms with Gasteiger partial charge in [0.2, 0.25) is 0 Å². The zero-order chi connectivity index (χ0) is 20.6. The average Bonchev–Trinajstić information content (AvgIpc) is 2.71. The lowest BCUT2D eigenvalue weighted by atomic mass is 9.94. The van der Waals surface area contributed by atoms with Gasteiger partial charge >= 0.3 is 0 Å². The highest BCUT2D eigenvalue weighted by Gasteiger charge is 2.40. The minimum atomic E-state index is -4.02. The van der Waals surface area contributed by atoms with Crippen molar-refractivity contribution in [1.29, 1.82) is 0 Å². The maximum absolute atomic E-state index is 13.4. The number of sulfonamides is 1. The molecular formula is C22H23ClN2O3S. The molecule has 2 aliphatic rings. The van der Waals surface area contributed by atoms with Gasteiger partial charge in [-0.2, -0.15) is 0 Å². The molecule has 1 aliphatic heterocycles. The summed E-state index contributed by atoms with van der Waals surface area (Å²) in [6, 6.07) is 14.2. The number of hydrogen-bond donors (Lipinski definition) is 1. The molecule has 0 aromatic heterocycles. The zero-order valence-corrected chi connectivity index (χ0v) is 17.8. The molecule has 5 nitrogen and oxygen atoms in total. The molecule has 1 saturated carbocycles. The fourth-order valence-corrected chi connectivity index (χ4v) is 5.76. The van der Waals surface area contributed by atoms with Gasteiger partial charge in [-0.3, -0.25) is 9.10 Å². The molecule has 0 spiro atoms. The summed E-state index contributed by atoms with van der Waals surface area (Å²) in [7, 11) is -2.55. The van der Waals surface area contributed by atoms with Crippen LogP contribution in [0, 0.1) is 0 Å². The fraction of sp³-hybridized carbons (Fsp3) is 0.318. The average molecular weight is 431 g/mol. The second-order valence-corrected chi connectivity index (χ2v) is 9.86. The Morgan fingerprint density at radius 3 is 2.45 bits per heavy atom. The number of fused-ring (bicyclic) bond motifs is 1. The molecule has 4 rings (SSSR count). The summed E-state index contributed by atoms with van der Waals surface area (Å²) in [6.07, 6.45) is 4.98. The summed E-state index contributed by atoms with van der Waals surface area (Å²) in [4.78, 5) is 13.1. The largest absolute Gasteiger partial charge is 0.349 e. The van der Waals surface area contributed by atoms with E-state index in [4.69, 9.17) is 11.6 Å². The topological polar surface area (TPSA) is 66.5 Å². The summed E-state index contributed by atoms with van der Waals surface area (Å²) < 4.78 is 28.0. The highest BCUT2D eigenvalue weighted by Crippen LogP contribution is 2.43. The van der Waals surface area contributed by atoms with Gasteiger partial charge in [0.15, 0.2) is 4.91 Å². The number of nitrogens with one attached hydrogen (secondary N) is 1. The van der Waals surface area contributed by atoms with Crippen LogP contribution in [-0.2, 0) is 14.8 Å². The number of benzene rings is 2. The summed E-state index contributed by atoms with van der Waals surface area (Å²) in [5.74, 6) is -0.548. The maximum atomic E-state index is 13.4. The van der Waals surface area contributed by atoms with Crippen molar-refractivity contribution in [2.24, 2.45) is 0 Å². The van der Waals surface area contributed by atoms with E-state index in [1.54, 1.807) is 18.2 Å². The van der Waals surface area contributed by atoms with Crippen molar-refractivity contribution in [1.82, 2.24) is 5.32 Å². The van der Waals surface area contributed by atoms with Crippen LogP contribution < -0.4 is 9.62 Å². The number of halogens is 1. The number of hydrogen-bond acceptors (Lipinski definition) is 3. The van der Waals surface area contributed by atoms with Gasteiger partial charge in [-0.25, -0.2) is 8.42 Å². The van der Waals surface area contributed by atoms with Crippen LogP contribution in [0.3, 0.4) is 0 Å². The van der Waals surface area contributed by atoms with Crippen molar-refractivity contribution >= 4 is 38.8 Å². The Morgan fingerprint density at radius 1 is 1.07 bits per heavy atom. The Morgan fingerprint density at radius 2 is 1.76 bits per heavy atom. The first-order valence-electron chi connectivity index (χ1n) is 9.79. The van der Waals surface area contributed by atoms with Gasteiger partial charge in [0.25, 0.3) is 15.9 Å². The van der Waals surface area contributed by atoms with E-state index in [0.29, 0.717) is 27.4 Å². The Bertz CT molecular complexity index is 1070. The first-order valence-corrected chi connectivity index (χ1v) is 11.6. The lowest BCUT2D eigenvalue weighted by molar-refractivity contribution is -0.117. The second-order valence-electron chi connectivity index (χ2n) is 7.51. The van der Waals surface area contributed by atoms with Crippen molar-refractivity contribution in [2.75, 3.05) is 11.4 Å². The van der Waals surface area contributed by atoms with Gasteiger partial charge in [-0.05, 0) is 36.6 Å². The van der Waals surface area contributed by atoms with Crippen LogP contribution in [-0.4, -0.2) is 27.4 Å². The molecule has 1 fully saturated rings. The zero-order valence-electron chi connectivity index (χ0n) is 16.2. The third kappa shape index (κ3) is 3.67. The van der Waals surface area contributed by atoms with E-state index >= 15 is 0 Å². The molecule has 1 N–H and O–H groups in total. The van der Waals surface area contributed by atoms with E-state index < -0.39 is 15.9 Å². The van der Waals surface area contributed by atoms with E-state index in [2.05, 4.69) is 5.32 Å². The molecule has 0 radical (unpaired) electrons. The van der Waals surface area contributed by atoms with Crippen LogP contribution >= 0.6 is 11.6 Å². The Kier molecular flexibility index (Phi) is 5.40. The number of carbonyl (C=O) groups is 1. The van der Waals surface area contributed by atoms with Crippen molar-refractivity contribution in [3.05, 3.63) is 69.6 Å². The molecule has 1 heterocycles. The summed E-state index contributed by atoms with van der Waals surface area (Å²) in [6.45, 7) is 0. The highest BCUT2D eigenvalue weighted by molar-refractivity contribution is 7.97. The molecule has 2 aromatic rings. The smallest absolute Gasteiger partial charge is 0.270 e. The molecule has 1 aliphatic carbocycles. The van der Waals surface area contributed by atoms with E-state index in [-0.39, 0.29) is 10.9 Å². The number of amides is 1. The number of anilines is 1. The molecule has 0 bridgehead atoms. The lowest BCUT2D eigenvalue weighted by Crippen LogP contribution is -2.43. The number of rotatable bonds is 3. The van der Waals surface area contributed by atoms with Crippen LogP contribution in [0.15, 0.2) is 53.4 Å². The quantitative estimate of drug-likeness (QED) is 0.788. The van der Waals surface area contributed by atoms with E-state index in [0.717, 1.165) is 32.1 Å². The minimum absolute atomic E-state index is 0.00189. The normalized spacial score (nSPS) is 19.0. The Labute approximate surface area is 176 Å². The summed E-state index contributed by atoms with van der Waals surface area (Å²) in [5.41, 5.74) is 2.20. The Balaban J connectivity index is 1.93. The number of nitrogens with zero attached hydrogens (tertiary/aromatic N) is 1. The van der Waals surface area contributed by atoms with Gasteiger partial charge in [0, 0.05) is 29.2 Å². The maximum Gasteiger partial charge on any atom is 0.270 e. The minimum Gasteiger partial charge on any atom is -0.349 e. The van der Waals surface area contributed by atoms with E-state index in [9.17, 15) is 13.2 Å². The van der Waals surface area contributed by atoms with Gasteiger partial charge in [-0.15, -0.1) is 0 Å². The SMILES string of the molecule is CN1c2ccc(Cl)cc2C(c2ccccc2)=C(C(=O)NC2CCCCC2)S1(=O)=O. The van der Waals surface area contributed by atoms with E-state index in [1.165, 1.54) is 11.4 Å². The monoisotopic (exact) mass is 430 g/mol. The lowest BCUT2D eigenvalue weighted by Gasteiger charge is -2.32. The van der Waals surface area contributed by atoms with Crippen LogP contribution in [0.25, 0.3) is 5.57 Å². The Hall–Kier alpha value is -2.31. The van der Waals surface area contributed by atoms with Crippen LogP contribution in [0.5, 0.6) is 0 Å². The van der Waals surface area contributed by atoms with Gasteiger partial charge in [-0.1, -0.05) is 61.2 Å². The first-order chi connectivity index (χ1) is 13.9. The van der Waals surface area contributed by atoms with Crippen molar-refractivity contribution in [3.8, 4) is 0 Å². The van der Waals surface area contributed by atoms with Gasteiger partial charge < -0.3 is 5.32 Å². The molecular weight excluding hydrogens is 408 g/mol. The van der Waals surface area contributed by atoms with Gasteiger partial charge in [0.1, 0.15) is 0 Å². The van der Waals surface area contributed by atoms with Crippen LogP contribution in [0.1, 0.15) is 43.2 Å². The molecule has 7 heteroatoms. The highest BCUT2D eigenvalue weighted by atomic mass is 35.5. The standard InChI is InChI=1S/C22H23ClN2O3S/c1-25-19-13-12-16(23)14-18(19)20(15-8-4-2-5-9-15)21(29(25,27)28)22(26)24-17-10-6-3-7-11-17/h2,4-5,8-9,12-14,17H,3,6-7,10-11H2,1H3,(H,24,26). The molecule has 152 valence electrons. The number of carbonyl (C=O) groups excluding carboxylic acids is 1. The molecule has 29 heavy (non-hydrogen) atoms. The predicted molar refractivity (Wildman–Crippen MR) is 116 cm³/mol. The molecule has 0 atom stereocenters. The third-order valence-electron chi connectivity index (χ3n) is 5.62. The summed E-state index contributed by atoms with van der Waals surface area (Å²) in [5, 5.41) is 3.46. The molecule has 0 unspecified atom stereocenters. The fourth-order valence-electron chi connectivity index (χ4n) is 4.12. The van der Waals surface area contributed by atoms with Crippen molar-refractivity contribution < 1.29 is 13.2 Å². The van der Waals surface area contributed by atoms with E-state index in [1.807, 2.05) is 30.3 Å². The van der Waals surface area contributed by atoms with Crippen LogP contribution in [0.4, 0.5) is 5.69 Å². The first kappa shape index (κ1) is 20.0. The van der Waals surface area contributed by atoms with Crippen molar-refractivity contribution in [2.45, 2.75) is 38.1 Å². The molecule has 1 amide bonds. The molecule has 2 aromatic carbocycles. The summed E-state index contributed by atoms with van der Waals surface area (Å²) >= 11 is 6.24. The predicted octanol–water partition coefficient (Wildman–Crippen LogP) is 4.33. The second kappa shape index (κ2) is 7.84.